The minimum atomic E-state index is -0.795. The van der Waals surface area contributed by atoms with Crippen molar-refractivity contribution in [2.75, 3.05) is 0 Å². The zero-order chi connectivity index (χ0) is 16.4. The number of aromatic nitrogens is 3. The maximum Gasteiger partial charge on any atom is 0.310 e. The van der Waals surface area contributed by atoms with Gasteiger partial charge in [-0.1, -0.05) is 19.1 Å². The summed E-state index contributed by atoms with van der Waals surface area (Å²) in [6.45, 7) is 3.83. The monoisotopic (exact) mass is 327 g/mol. The Kier molecular flexibility index (Phi) is 4.25. The number of aliphatic carboxylic acids is 1. The van der Waals surface area contributed by atoms with Crippen LogP contribution in [0.3, 0.4) is 0 Å². The molecule has 3 rings (SSSR count). The molecule has 0 saturated heterocycles. The summed E-state index contributed by atoms with van der Waals surface area (Å²) in [4.78, 5) is 15.7. The van der Waals surface area contributed by atoms with Crippen molar-refractivity contribution < 1.29 is 9.90 Å². The van der Waals surface area contributed by atoms with Gasteiger partial charge in [0.25, 0.3) is 0 Å². The maximum atomic E-state index is 11.5. The zero-order valence-electron chi connectivity index (χ0n) is 12.9. The fourth-order valence-electron chi connectivity index (χ4n) is 2.72. The van der Waals surface area contributed by atoms with Crippen LogP contribution in [0.25, 0.3) is 16.4 Å². The number of rotatable bonds is 5. The molecule has 2 heterocycles. The Bertz CT molecular complexity index is 824. The first-order valence-corrected chi connectivity index (χ1v) is 8.28. The third kappa shape index (κ3) is 2.90. The number of thiazole rings is 1. The molecule has 0 aliphatic carbocycles. The molecule has 0 aliphatic heterocycles. The van der Waals surface area contributed by atoms with Crippen molar-refractivity contribution in [2.24, 2.45) is 0 Å². The zero-order valence-corrected chi connectivity index (χ0v) is 13.7. The number of hydrogen-bond donors (Lipinski definition) is 1. The molecule has 1 N–H and O–H groups in total. The molecule has 2 aromatic heterocycles. The number of hydrogen-bond acceptors (Lipinski definition) is 4. The minimum absolute atomic E-state index is 0.496. The molecule has 118 valence electrons. The Balaban J connectivity index is 2.02. The van der Waals surface area contributed by atoms with Crippen molar-refractivity contribution in [3.63, 3.8) is 0 Å². The van der Waals surface area contributed by atoms with Gasteiger partial charge >= 0.3 is 5.97 Å². The van der Waals surface area contributed by atoms with Gasteiger partial charge in [-0.15, -0.1) is 11.3 Å². The highest BCUT2D eigenvalue weighted by atomic mass is 32.1. The second-order valence-electron chi connectivity index (χ2n) is 5.27. The lowest BCUT2D eigenvalue weighted by Gasteiger charge is -2.16. The first-order chi connectivity index (χ1) is 11.1. The molecule has 0 aliphatic rings. The summed E-state index contributed by atoms with van der Waals surface area (Å²) in [5.41, 5.74) is 3.49. The molecule has 3 aromatic rings. The van der Waals surface area contributed by atoms with E-state index in [4.69, 9.17) is 0 Å². The van der Waals surface area contributed by atoms with Crippen molar-refractivity contribution in [2.45, 2.75) is 26.2 Å². The van der Waals surface area contributed by atoms with Crippen molar-refractivity contribution >= 4 is 17.3 Å². The molecule has 0 radical (unpaired) electrons. The first-order valence-electron chi connectivity index (χ1n) is 7.40. The van der Waals surface area contributed by atoms with E-state index in [0.29, 0.717) is 6.42 Å². The molecule has 5 nitrogen and oxygen atoms in total. The fourth-order valence-corrected chi connectivity index (χ4v) is 3.32. The topological polar surface area (TPSA) is 68.0 Å². The number of carbonyl (C=O) groups is 1. The highest BCUT2D eigenvalue weighted by molar-refractivity contribution is 7.13. The van der Waals surface area contributed by atoms with Crippen LogP contribution in [0, 0.1) is 6.92 Å². The summed E-state index contributed by atoms with van der Waals surface area (Å²) in [5.74, 6) is -1.29. The van der Waals surface area contributed by atoms with Crippen LogP contribution in [0.1, 0.15) is 30.4 Å². The molecule has 1 atom stereocenters. The maximum absolute atomic E-state index is 11.5. The van der Waals surface area contributed by atoms with Crippen LogP contribution < -0.4 is 0 Å². The predicted octanol–water partition coefficient (Wildman–Crippen LogP) is 3.88. The number of benzene rings is 1. The standard InChI is InChI=1S/C17H17N3O2S/c1-3-12(17(21)22)13-5-4-6-15(11(13)2)20-9-7-14(19-20)16-18-8-10-23-16/h4-10,12H,3H2,1-2H3,(H,21,22). The second-order valence-corrected chi connectivity index (χ2v) is 6.17. The van der Waals surface area contributed by atoms with Gasteiger partial charge in [0.05, 0.1) is 11.6 Å². The Morgan fingerprint density at radius 1 is 1.39 bits per heavy atom. The molecule has 23 heavy (non-hydrogen) atoms. The Labute approximate surface area is 138 Å². The molecule has 1 aromatic carbocycles. The van der Waals surface area contributed by atoms with Crippen LogP contribution in [-0.2, 0) is 4.79 Å². The van der Waals surface area contributed by atoms with E-state index < -0.39 is 11.9 Å². The number of nitrogens with zero attached hydrogens (tertiary/aromatic N) is 3. The smallest absolute Gasteiger partial charge is 0.310 e. The summed E-state index contributed by atoms with van der Waals surface area (Å²) < 4.78 is 1.78. The largest absolute Gasteiger partial charge is 0.481 e. The normalized spacial score (nSPS) is 12.3. The third-order valence-corrected chi connectivity index (χ3v) is 4.71. The highest BCUT2D eigenvalue weighted by Crippen LogP contribution is 2.28. The average Bonchev–Trinajstić information content (AvgIpc) is 3.20. The van der Waals surface area contributed by atoms with Gasteiger partial charge in [-0.2, -0.15) is 5.10 Å². The van der Waals surface area contributed by atoms with Crippen LogP contribution in [0.15, 0.2) is 42.0 Å². The minimum Gasteiger partial charge on any atom is -0.481 e. The van der Waals surface area contributed by atoms with E-state index >= 15 is 0 Å². The van der Waals surface area contributed by atoms with Gasteiger partial charge in [-0.05, 0) is 36.6 Å². The van der Waals surface area contributed by atoms with Gasteiger partial charge in [0.2, 0.25) is 0 Å². The van der Waals surface area contributed by atoms with Gasteiger partial charge in [0.1, 0.15) is 10.7 Å². The third-order valence-electron chi connectivity index (χ3n) is 3.92. The van der Waals surface area contributed by atoms with E-state index in [1.807, 2.05) is 49.7 Å². The summed E-state index contributed by atoms with van der Waals surface area (Å²) in [7, 11) is 0. The van der Waals surface area contributed by atoms with E-state index in [2.05, 4.69) is 10.1 Å². The van der Waals surface area contributed by atoms with Crippen molar-refractivity contribution in [3.05, 3.63) is 53.2 Å². The molecule has 6 heteroatoms. The van der Waals surface area contributed by atoms with E-state index in [0.717, 1.165) is 27.5 Å². The number of carboxylic acid groups (broad SMARTS) is 1. The summed E-state index contributed by atoms with van der Waals surface area (Å²) in [6, 6.07) is 7.63. The SMILES string of the molecule is CCC(C(=O)O)c1cccc(-n2ccc(-c3nccs3)n2)c1C. The quantitative estimate of drug-likeness (QED) is 0.772. The lowest BCUT2D eigenvalue weighted by molar-refractivity contribution is -0.138. The van der Waals surface area contributed by atoms with E-state index in [-0.39, 0.29) is 0 Å². The van der Waals surface area contributed by atoms with Crippen molar-refractivity contribution in [1.82, 2.24) is 14.8 Å². The summed E-state index contributed by atoms with van der Waals surface area (Å²) in [6.07, 6.45) is 4.19. The second kappa shape index (κ2) is 6.34. The molecular weight excluding hydrogens is 310 g/mol. The Morgan fingerprint density at radius 3 is 2.87 bits per heavy atom. The van der Waals surface area contributed by atoms with Crippen LogP contribution in [-0.4, -0.2) is 25.8 Å². The van der Waals surface area contributed by atoms with Gasteiger partial charge in [0.15, 0.2) is 0 Å². The van der Waals surface area contributed by atoms with Crippen LogP contribution in [0.2, 0.25) is 0 Å². The van der Waals surface area contributed by atoms with Crippen molar-refractivity contribution in [1.29, 1.82) is 0 Å². The molecule has 0 bridgehead atoms. The number of carboxylic acids is 1. The molecule has 0 fully saturated rings. The van der Waals surface area contributed by atoms with E-state index in [1.165, 1.54) is 11.3 Å². The van der Waals surface area contributed by atoms with Crippen LogP contribution in [0.4, 0.5) is 0 Å². The lowest BCUT2D eigenvalue weighted by Crippen LogP contribution is -2.13. The molecule has 0 saturated carbocycles. The highest BCUT2D eigenvalue weighted by Gasteiger charge is 2.21. The van der Waals surface area contributed by atoms with E-state index in [1.54, 1.807) is 10.9 Å². The van der Waals surface area contributed by atoms with Gasteiger partial charge in [0, 0.05) is 17.8 Å². The first kappa shape index (κ1) is 15.4. The van der Waals surface area contributed by atoms with Gasteiger partial charge in [-0.25, -0.2) is 9.67 Å². The fraction of sp³-hybridized carbons (Fsp3) is 0.235. The predicted molar refractivity (Wildman–Crippen MR) is 90.1 cm³/mol. The average molecular weight is 327 g/mol. The van der Waals surface area contributed by atoms with Gasteiger partial charge < -0.3 is 5.11 Å². The molecule has 1 unspecified atom stereocenters. The summed E-state index contributed by atoms with van der Waals surface area (Å²) >= 11 is 1.54. The van der Waals surface area contributed by atoms with Crippen molar-refractivity contribution in [3.8, 4) is 16.4 Å². The van der Waals surface area contributed by atoms with Gasteiger partial charge in [-0.3, -0.25) is 4.79 Å². The van der Waals surface area contributed by atoms with Crippen LogP contribution >= 0.6 is 11.3 Å². The Morgan fingerprint density at radius 2 is 2.22 bits per heavy atom. The molecule has 0 amide bonds. The van der Waals surface area contributed by atoms with E-state index in [9.17, 15) is 9.90 Å². The molecule has 0 spiro atoms. The Hall–Kier alpha value is -2.47. The molecular formula is C17H17N3O2S. The lowest BCUT2D eigenvalue weighted by atomic mass is 9.92. The summed E-state index contributed by atoms with van der Waals surface area (Å²) in [5, 5.41) is 16.8. The van der Waals surface area contributed by atoms with Crippen LogP contribution in [0.5, 0.6) is 0 Å².